The summed E-state index contributed by atoms with van der Waals surface area (Å²) in [6.07, 6.45) is 0. The van der Waals surface area contributed by atoms with E-state index in [1.54, 1.807) is 6.07 Å². The van der Waals surface area contributed by atoms with E-state index < -0.39 is 10.0 Å². The number of rotatable bonds is 5. The van der Waals surface area contributed by atoms with Crippen molar-refractivity contribution in [2.45, 2.75) is 11.8 Å². The molecule has 0 fully saturated rings. The maximum Gasteiger partial charge on any atom is 0.261 e. The number of halogens is 1. The quantitative estimate of drug-likeness (QED) is 0.617. The van der Waals surface area contributed by atoms with E-state index in [-0.39, 0.29) is 16.4 Å². The fourth-order valence-corrected chi connectivity index (χ4v) is 4.56. The third-order valence-electron chi connectivity index (χ3n) is 3.48. The van der Waals surface area contributed by atoms with Crippen LogP contribution in [0, 0.1) is 0 Å². The van der Waals surface area contributed by atoms with Gasteiger partial charge in [0.2, 0.25) is 0 Å². The molecule has 4 nitrogen and oxygen atoms in total. The first-order chi connectivity index (χ1) is 11.9. The van der Waals surface area contributed by atoms with Crippen molar-refractivity contribution in [3.63, 3.8) is 0 Å². The SMILES string of the molecule is CC(=O)c1sc(-c2ccccc2)cc1NS(=O)(=O)c1ccc(Cl)cc1. The Morgan fingerprint density at radius 2 is 1.68 bits per heavy atom. The van der Waals surface area contributed by atoms with Crippen molar-refractivity contribution in [2.24, 2.45) is 0 Å². The molecule has 0 bridgehead atoms. The summed E-state index contributed by atoms with van der Waals surface area (Å²) in [6, 6.07) is 17.0. The van der Waals surface area contributed by atoms with Crippen LogP contribution in [0.3, 0.4) is 0 Å². The van der Waals surface area contributed by atoms with E-state index in [1.165, 1.54) is 42.5 Å². The monoisotopic (exact) mass is 391 g/mol. The number of hydrogen-bond acceptors (Lipinski definition) is 4. The van der Waals surface area contributed by atoms with Gasteiger partial charge in [-0.25, -0.2) is 8.42 Å². The normalized spacial score (nSPS) is 11.3. The first-order valence-electron chi connectivity index (χ1n) is 7.35. The number of ketones is 1. The van der Waals surface area contributed by atoms with Crippen molar-refractivity contribution in [2.75, 3.05) is 4.72 Å². The number of thiophene rings is 1. The smallest absolute Gasteiger partial charge is 0.261 e. The average Bonchev–Trinajstić information content (AvgIpc) is 2.99. The molecule has 7 heteroatoms. The highest BCUT2D eigenvalue weighted by molar-refractivity contribution is 7.92. The number of Topliss-reactive ketones (excluding diaryl/α,β-unsaturated/α-hetero) is 1. The molecule has 25 heavy (non-hydrogen) atoms. The Hall–Kier alpha value is -2.15. The van der Waals surface area contributed by atoms with Crippen molar-refractivity contribution in [3.05, 3.63) is 70.6 Å². The molecule has 0 atom stereocenters. The second-order valence-electron chi connectivity index (χ2n) is 5.34. The summed E-state index contributed by atoms with van der Waals surface area (Å²) in [5.74, 6) is -0.194. The summed E-state index contributed by atoms with van der Waals surface area (Å²) in [6.45, 7) is 1.42. The lowest BCUT2D eigenvalue weighted by Gasteiger charge is -2.07. The molecule has 0 aliphatic heterocycles. The molecule has 0 amide bonds. The molecule has 2 aromatic carbocycles. The van der Waals surface area contributed by atoms with Crippen LogP contribution >= 0.6 is 22.9 Å². The number of hydrogen-bond donors (Lipinski definition) is 1. The van der Waals surface area contributed by atoms with Crippen LogP contribution in [0.15, 0.2) is 65.6 Å². The summed E-state index contributed by atoms with van der Waals surface area (Å²) in [5, 5.41) is 0.449. The van der Waals surface area contributed by atoms with Gasteiger partial charge >= 0.3 is 0 Å². The van der Waals surface area contributed by atoms with Gasteiger partial charge < -0.3 is 0 Å². The average molecular weight is 392 g/mol. The molecule has 0 unspecified atom stereocenters. The van der Waals surface area contributed by atoms with Gasteiger partial charge in [-0.15, -0.1) is 11.3 Å². The Bertz CT molecular complexity index is 1010. The predicted octanol–water partition coefficient (Wildman–Crippen LogP) is 5.07. The molecule has 0 aliphatic carbocycles. The number of carbonyl (C=O) groups excluding carboxylic acids is 1. The third kappa shape index (κ3) is 3.92. The molecule has 1 N–H and O–H groups in total. The van der Waals surface area contributed by atoms with Gasteiger partial charge in [-0.05, 0) is 35.9 Å². The van der Waals surface area contributed by atoms with E-state index in [4.69, 9.17) is 11.6 Å². The maximum absolute atomic E-state index is 12.6. The molecule has 128 valence electrons. The minimum Gasteiger partial charge on any atom is -0.294 e. The highest BCUT2D eigenvalue weighted by Crippen LogP contribution is 2.36. The molecular formula is C18H14ClNO3S2. The van der Waals surface area contributed by atoms with Gasteiger partial charge in [0.25, 0.3) is 10.0 Å². The summed E-state index contributed by atoms with van der Waals surface area (Å²) in [5.41, 5.74) is 1.21. The van der Waals surface area contributed by atoms with E-state index in [2.05, 4.69) is 4.72 Å². The van der Waals surface area contributed by atoms with E-state index in [0.717, 1.165) is 10.4 Å². The van der Waals surface area contributed by atoms with Crippen LogP contribution in [0.2, 0.25) is 5.02 Å². The van der Waals surface area contributed by atoms with E-state index >= 15 is 0 Å². The van der Waals surface area contributed by atoms with Crippen LogP contribution < -0.4 is 4.72 Å². The Kier molecular flexibility index (Phi) is 4.94. The highest BCUT2D eigenvalue weighted by atomic mass is 35.5. The number of anilines is 1. The van der Waals surface area contributed by atoms with E-state index in [9.17, 15) is 13.2 Å². The van der Waals surface area contributed by atoms with Crippen LogP contribution in [0.1, 0.15) is 16.6 Å². The molecule has 0 saturated heterocycles. The first-order valence-corrected chi connectivity index (χ1v) is 10.0. The number of sulfonamides is 1. The molecular weight excluding hydrogens is 378 g/mol. The van der Waals surface area contributed by atoms with Crippen molar-refractivity contribution in [1.82, 2.24) is 0 Å². The van der Waals surface area contributed by atoms with Crippen LogP contribution in [0.25, 0.3) is 10.4 Å². The zero-order valence-electron chi connectivity index (χ0n) is 13.2. The molecule has 1 heterocycles. The third-order valence-corrected chi connectivity index (χ3v) is 6.40. The second kappa shape index (κ2) is 7.00. The van der Waals surface area contributed by atoms with Crippen molar-refractivity contribution < 1.29 is 13.2 Å². The number of nitrogens with one attached hydrogen (secondary N) is 1. The largest absolute Gasteiger partial charge is 0.294 e. The topological polar surface area (TPSA) is 63.2 Å². The van der Waals surface area contributed by atoms with Crippen molar-refractivity contribution in [3.8, 4) is 10.4 Å². The zero-order chi connectivity index (χ0) is 18.0. The maximum atomic E-state index is 12.6. The fraction of sp³-hybridized carbons (Fsp3) is 0.0556. The molecule has 0 radical (unpaired) electrons. The predicted molar refractivity (Wildman–Crippen MR) is 102 cm³/mol. The van der Waals surface area contributed by atoms with E-state index in [1.807, 2.05) is 30.3 Å². The Morgan fingerprint density at radius 3 is 2.28 bits per heavy atom. The summed E-state index contributed by atoms with van der Waals surface area (Å²) < 4.78 is 27.7. The molecule has 0 saturated carbocycles. The minimum absolute atomic E-state index is 0.0823. The lowest BCUT2D eigenvalue weighted by Crippen LogP contribution is -2.13. The molecule has 0 spiro atoms. The highest BCUT2D eigenvalue weighted by Gasteiger charge is 2.20. The number of benzene rings is 2. The van der Waals surface area contributed by atoms with Gasteiger partial charge in [-0.3, -0.25) is 9.52 Å². The van der Waals surface area contributed by atoms with Gasteiger partial charge in [0.05, 0.1) is 15.5 Å². The lowest BCUT2D eigenvalue weighted by molar-refractivity contribution is 0.102. The van der Waals surface area contributed by atoms with Crippen molar-refractivity contribution in [1.29, 1.82) is 0 Å². The standard InChI is InChI=1S/C18H14ClNO3S2/c1-12(21)18-16(11-17(24-18)13-5-3-2-4-6-13)20-25(22,23)15-9-7-14(19)8-10-15/h2-11,20H,1H3. The fourth-order valence-electron chi connectivity index (χ4n) is 2.29. The van der Waals surface area contributed by atoms with E-state index in [0.29, 0.717) is 9.90 Å². The summed E-state index contributed by atoms with van der Waals surface area (Å²) in [7, 11) is -3.81. The molecule has 3 rings (SSSR count). The summed E-state index contributed by atoms with van der Waals surface area (Å²) in [4.78, 5) is 13.2. The number of carbonyl (C=O) groups is 1. The van der Waals surface area contributed by atoms with Gasteiger partial charge in [0.15, 0.2) is 5.78 Å². The lowest BCUT2D eigenvalue weighted by atomic mass is 10.2. The van der Waals surface area contributed by atoms with Crippen LogP contribution in [-0.4, -0.2) is 14.2 Å². The van der Waals surface area contributed by atoms with Crippen molar-refractivity contribution >= 4 is 44.4 Å². The van der Waals surface area contributed by atoms with Crippen LogP contribution in [-0.2, 0) is 10.0 Å². The van der Waals surface area contributed by atoms with Gasteiger partial charge in [-0.1, -0.05) is 41.9 Å². The molecule has 1 aromatic heterocycles. The zero-order valence-corrected chi connectivity index (χ0v) is 15.6. The van der Waals surface area contributed by atoms with Crippen LogP contribution in [0.5, 0.6) is 0 Å². The van der Waals surface area contributed by atoms with Gasteiger partial charge in [0.1, 0.15) is 0 Å². The Labute approximate surface area is 155 Å². The molecule has 3 aromatic rings. The first kappa shape index (κ1) is 17.7. The second-order valence-corrected chi connectivity index (χ2v) is 8.51. The minimum atomic E-state index is -3.81. The Balaban J connectivity index is 2.00. The van der Waals surface area contributed by atoms with Gasteiger partial charge in [0, 0.05) is 16.8 Å². The Morgan fingerprint density at radius 1 is 1.04 bits per heavy atom. The van der Waals surface area contributed by atoms with Gasteiger partial charge in [-0.2, -0.15) is 0 Å². The van der Waals surface area contributed by atoms with Crippen LogP contribution in [0.4, 0.5) is 5.69 Å². The molecule has 0 aliphatic rings. The summed E-state index contributed by atoms with van der Waals surface area (Å²) >= 11 is 7.06.